The summed E-state index contributed by atoms with van der Waals surface area (Å²) in [6.07, 6.45) is 5.70. The van der Waals surface area contributed by atoms with Gasteiger partial charge in [-0.25, -0.2) is 13.1 Å². The zero-order valence-electron chi connectivity index (χ0n) is 15.0. The van der Waals surface area contributed by atoms with E-state index in [4.69, 9.17) is 16.3 Å². The van der Waals surface area contributed by atoms with Crippen LogP contribution in [0.4, 0.5) is 0 Å². The van der Waals surface area contributed by atoms with Gasteiger partial charge in [-0.1, -0.05) is 42.2 Å². The number of carbonyl (C=O) groups excluding carboxylic acids is 1. The molecule has 0 atom stereocenters. The summed E-state index contributed by atoms with van der Waals surface area (Å²) in [7, 11) is -3.61. The molecular weight excluding hydrogens is 406 g/mol. The molecule has 1 aromatic heterocycles. The van der Waals surface area contributed by atoms with E-state index in [1.54, 1.807) is 24.3 Å². The Balaban J connectivity index is 1.68. The Bertz CT molecular complexity index is 900. The van der Waals surface area contributed by atoms with Crippen LogP contribution in [-0.4, -0.2) is 20.7 Å². The third-order valence-corrected chi connectivity index (χ3v) is 7.96. The molecule has 8 heteroatoms. The Kier molecular flexibility index (Phi) is 6.57. The van der Waals surface area contributed by atoms with Crippen molar-refractivity contribution < 1.29 is 17.9 Å². The maximum Gasteiger partial charge on any atom is 0.250 e. The summed E-state index contributed by atoms with van der Waals surface area (Å²) in [4.78, 5) is 11.3. The van der Waals surface area contributed by atoms with Crippen LogP contribution in [0.1, 0.15) is 49.4 Å². The maximum atomic E-state index is 12.6. The van der Waals surface area contributed by atoms with E-state index < -0.39 is 10.0 Å². The molecule has 1 heterocycles. The minimum atomic E-state index is -3.61. The molecule has 1 aliphatic carbocycles. The summed E-state index contributed by atoms with van der Waals surface area (Å²) in [6.45, 7) is 1.95. The number of sulfonamides is 1. The van der Waals surface area contributed by atoms with Crippen LogP contribution in [0.2, 0.25) is 5.02 Å². The summed E-state index contributed by atoms with van der Waals surface area (Å²) in [5, 5.41) is 0.555. The van der Waals surface area contributed by atoms with Crippen LogP contribution in [-0.2, 0) is 10.0 Å². The number of ketones is 1. The predicted octanol–water partition coefficient (Wildman–Crippen LogP) is 5.26. The van der Waals surface area contributed by atoms with Crippen LogP contribution in [0.15, 0.2) is 34.5 Å². The summed E-state index contributed by atoms with van der Waals surface area (Å²) < 4.78 is 33.7. The van der Waals surface area contributed by atoms with Crippen molar-refractivity contribution in [1.29, 1.82) is 0 Å². The van der Waals surface area contributed by atoms with E-state index >= 15 is 0 Å². The zero-order chi connectivity index (χ0) is 19.4. The number of thiophene rings is 1. The molecule has 2 aromatic rings. The lowest BCUT2D eigenvalue weighted by Gasteiger charge is -2.21. The van der Waals surface area contributed by atoms with E-state index in [1.807, 2.05) is 0 Å². The van der Waals surface area contributed by atoms with Crippen molar-refractivity contribution in [2.24, 2.45) is 5.92 Å². The summed E-state index contributed by atoms with van der Waals surface area (Å²) in [5.74, 6) is 0.857. The number of rotatable bonds is 7. The van der Waals surface area contributed by atoms with Gasteiger partial charge in [-0.05, 0) is 56.0 Å². The molecule has 0 amide bonds. The molecule has 1 N–H and O–H groups in total. The summed E-state index contributed by atoms with van der Waals surface area (Å²) >= 11 is 7.16. The molecule has 0 unspecified atom stereocenters. The predicted molar refractivity (Wildman–Crippen MR) is 108 cm³/mol. The van der Waals surface area contributed by atoms with Crippen molar-refractivity contribution in [2.45, 2.75) is 43.2 Å². The minimum absolute atomic E-state index is 0.0341. The molecule has 146 valence electrons. The van der Waals surface area contributed by atoms with Gasteiger partial charge in [0.15, 0.2) is 5.78 Å². The number of hydrogen-bond donors (Lipinski definition) is 1. The molecule has 0 aliphatic heterocycles. The molecule has 5 nitrogen and oxygen atoms in total. The fourth-order valence-electron chi connectivity index (χ4n) is 3.09. The first-order valence-corrected chi connectivity index (χ1v) is 11.6. The molecule has 0 saturated heterocycles. The lowest BCUT2D eigenvalue weighted by atomic mass is 9.90. The smallest absolute Gasteiger partial charge is 0.250 e. The highest BCUT2D eigenvalue weighted by atomic mass is 35.5. The van der Waals surface area contributed by atoms with Gasteiger partial charge in [0.05, 0.1) is 5.02 Å². The SMILES string of the molecule is CC(=O)c1ccc(Oc2sc(S(=O)(=O)NCC3CCCCC3)cc2Cl)cc1. The van der Waals surface area contributed by atoms with Gasteiger partial charge in [0.1, 0.15) is 9.96 Å². The molecule has 27 heavy (non-hydrogen) atoms. The largest absolute Gasteiger partial charge is 0.445 e. The highest BCUT2D eigenvalue weighted by Gasteiger charge is 2.23. The number of hydrogen-bond acceptors (Lipinski definition) is 5. The van der Waals surface area contributed by atoms with E-state index in [1.165, 1.54) is 19.4 Å². The Morgan fingerprint density at radius 2 is 1.89 bits per heavy atom. The van der Waals surface area contributed by atoms with E-state index in [0.29, 0.717) is 28.8 Å². The van der Waals surface area contributed by atoms with Gasteiger partial charge in [0, 0.05) is 12.1 Å². The van der Waals surface area contributed by atoms with Gasteiger partial charge < -0.3 is 4.74 Å². The highest BCUT2D eigenvalue weighted by Crippen LogP contribution is 2.40. The Morgan fingerprint density at radius 3 is 2.52 bits per heavy atom. The Labute approximate surface area is 168 Å². The third-order valence-electron chi connectivity index (χ3n) is 4.66. The molecule has 1 saturated carbocycles. The second-order valence-electron chi connectivity index (χ2n) is 6.74. The van der Waals surface area contributed by atoms with E-state index in [0.717, 1.165) is 37.0 Å². The molecular formula is C19H22ClNO4S2. The summed E-state index contributed by atoms with van der Waals surface area (Å²) in [6, 6.07) is 8.03. The average molecular weight is 428 g/mol. The molecule has 0 spiro atoms. The maximum absolute atomic E-state index is 12.6. The van der Waals surface area contributed by atoms with Gasteiger partial charge in [-0.15, -0.1) is 0 Å². The first-order valence-electron chi connectivity index (χ1n) is 8.93. The fourth-order valence-corrected chi connectivity index (χ4v) is 5.85. The van der Waals surface area contributed by atoms with Crippen LogP contribution in [0, 0.1) is 5.92 Å². The standard InChI is InChI=1S/C19H22ClNO4S2/c1-13(22)15-7-9-16(10-8-15)25-19-17(20)11-18(26-19)27(23,24)21-12-14-5-3-2-4-6-14/h7-11,14,21H,2-6,12H2,1H3. The Hall–Kier alpha value is -1.41. The second-order valence-corrected chi connectivity index (χ2v) is 10.2. The van der Waals surface area contributed by atoms with Crippen LogP contribution >= 0.6 is 22.9 Å². The number of halogens is 1. The Morgan fingerprint density at radius 1 is 1.22 bits per heavy atom. The topological polar surface area (TPSA) is 72.5 Å². The number of nitrogens with one attached hydrogen (secondary N) is 1. The van der Waals surface area contributed by atoms with Crippen LogP contribution < -0.4 is 9.46 Å². The van der Waals surface area contributed by atoms with Crippen molar-refractivity contribution in [3.63, 3.8) is 0 Å². The monoisotopic (exact) mass is 427 g/mol. The van der Waals surface area contributed by atoms with Gasteiger partial charge in [-0.3, -0.25) is 4.79 Å². The average Bonchev–Trinajstić information content (AvgIpc) is 3.03. The first kappa shape index (κ1) is 20.3. The van der Waals surface area contributed by atoms with E-state index in [2.05, 4.69) is 4.72 Å². The van der Waals surface area contributed by atoms with E-state index in [-0.39, 0.29) is 15.0 Å². The molecule has 0 bridgehead atoms. The third kappa shape index (κ3) is 5.31. The molecule has 3 rings (SSSR count). The number of Topliss-reactive ketones (excluding diaryl/α,β-unsaturated/α-hetero) is 1. The highest BCUT2D eigenvalue weighted by molar-refractivity contribution is 7.91. The van der Waals surface area contributed by atoms with Gasteiger partial charge in [0.25, 0.3) is 0 Å². The first-order chi connectivity index (χ1) is 12.8. The number of carbonyl (C=O) groups is 1. The van der Waals surface area contributed by atoms with Crippen molar-refractivity contribution in [1.82, 2.24) is 4.72 Å². The van der Waals surface area contributed by atoms with Gasteiger partial charge in [-0.2, -0.15) is 0 Å². The van der Waals surface area contributed by atoms with Crippen molar-refractivity contribution in [3.8, 4) is 10.8 Å². The van der Waals surface area contributed by atoms with Gasteiger partial charge >= 0.3 is 0 Å². The van der Waals surface area contributed by atoms with Gasteiger partial charge in [0.2, 0.25) is 15.1 Å². The number of ether oxygens (including phenoxy) is 1. The van der Waals surface area contributed by atoms with Crippen LogP contribution in [0.5, 0.6) is 10.8 Å². The van der Waals surface area contributed by atoms with Crippen molar-refractivity contribution in [3.05, 3.63) is 40.9 Å². The quantitative estimate of drug-likeness (QED) is 0.612. The zero-order valence-corrected chi connectivity index (χ0v) is 17.4. The number of benzene rings is 1. The van der Waals surface area contributed by atoms with Crippen LogP contribution in [0.25, 0.3) is 0 Å². The summed E-state index contributed by atoms with van der Waals surface area (Å²) in [5.41, 5.74) is 0.579. The minimum Gasteiger partial charge on any atom is -0.445 e. The molecule has 1 aromatic carbocycles. The normalized spacial score (nSPS) is 15.6. The van der Waals surface area contributed by atoms with E-state index in [9.17, 15) is 13.2 Å². The van der Waals surface area contributed by atoms with Crippen molar-refractivity contribution in [2.75, 3.05) is 6.54 Å². The lowest BCUT2D eigenvalue weighted by molar-refractivity contribution is 0.101. The lowest BCUT2D eigenvalue weighted by Crippen LogP contribution is -2.29. The van der Waals surface area contributed by atoms with Crippen molar-refractivity contribution >= 4 is 38.7 Å². The molecule has 1 aliphatic rings. The fraction of sp³-hybridized carbons (Fsp3) is 0.421. The second kappa shape index (κ2) is 8.73. The molecule has 0 radical (unpaired) electrons. The molecule has 1 fully saturated rings. The van der Waals surface area contributed by atoms with Crippen LogP contribution in [0.3, 0.4) is 0 Å².